The summed E-state index contributed by atoms with van der Waals surface area (Å²) in [4.78, 5) is 10.5. The molecule has 0 atom stereocenters. The van der Waals surface area contributed by atoms with Crippen molar-refractivity contribution in [2.24, 2.45) is 5.41 Å². The Morgan fingerprint density at radius 2 is 1.67 bits per heavy atom. The van der Waals surface area contributed by atoms with Gasteiger partial charge in [-0.15, -0.1) is 0 Å². The minimum absolute atomic E-state index is 0. The zero-order valence-corrected chi connectivity index (χ0v) is 7.36. The fraction of sp³-hybridized carbons (Fsp3) is 0.857. The van der Waals surface area contributed by atoms with Crippen LogP contribution in [0, 0.1) is 5.41 Å². The number of hydrogen-bond acceptors (Lipinski definition) is 1. The molecule has 0 saturated heterocycles. The molecule has 1 nitrogen and oxygen atoms in total. The molecule has 0 aliphatic rings. The molecule has 0 saturated carbocycles. The SMILES string of the molecule is CC(=O)CC(C)(C)C.[Cu]. The van der Waals surface area contributed by atoms with E-state index in [-0.39, 0.29) is 28.3 Å². The molecule has 9 heavy (non-hydrogen) atoms. The van der Waals surface area contributed by atoms with Crippen LogP contribution in [0.1, 0.15) is 34.1 Å². The fourth-order valence-corrected chi connectivity index (χ4v) is 0.747. The van der Waals surface area contributed by atoms with Crippen molar-refractivity contribution in [1.82, 2.24) is 0 Å². The van der Waals surface area contributed by atoms with Crippen LogP contribution in [0.5, 0.6) is 0 Å². The van der Waals surface area contributed by atoms with Crippen molar-refractivity contribution in [2.45, 2.75) is 34.1 Å². The Bertz CT molecular complexity index is 91.6. The minimum atomic E-state index is 0. The van der Waals surface area contributed by atoms with Crippen molar-refractivity contribution >= 4 is 5.78 Å². The molecule has 2 heteroatoms. The summed E-state index contributed by atoms with van der Waals surface area (Å²) in [5, 5.41) is 0. The average Bonchev–Trinajstić information content (AvgIpc) is 1.21. The summed E-state index contributed by atoms with van der Waals surface area (Å²) in [6.45, 7) is 7.82. The normalized spacial score (nSPS) is 10.2. The van der Waals surface area contributed by atoms with E-state index < -0.39 is 0 Å². The van der Waals surface area contributed by atoms with E-state index in [0.29, 0.717) is 6.42 Å². The Kier molecular flexibility index (Phi) is 5.40. The van der Waals surface area contributed by atoms with Gasteiger partial charge < -0.3 is 4.79 Å². The maximum atomic E-state index is 10.5. The van der Waals surface area contributed by atoms with E-state index in [2.05, 4.69) is 20.8 Å². The predicted octanol–water partition coefficient (Wildman–Crippen LogP) is 2.01. The molecular formula is C7H14CuO. The topological polar surface area (TPSA) is 17.1 Å². The molecule has 0 fully saturated rings. The third-order valence-electron chi connectivity index (χ3n) is 0.779. The van der Waals surface area contributed by atoms with Gasteiger partial charge in [0.15, 0.2) is 0 Å². The monoisotopic (exact) mass is 177 g/mol. The number of Topliss-reactive ketones (excluding diaryl/α,β-unsaturated/α-hetero) is 1. The van der Waals surface area contributed by atoms with Gasteiger partial charge in [-0.2, -0.15) is 0 Å². The van der Waals surface area contributed by atoms with Crippen molar-refractivity contribution in [2.75, 3.05) is 0 Å². The van der Waals surface area contributed by atoms with Gasteiger partial charge in [0.25, 0.3) is 0 Å². The van der Waals surface area contributed by atoms with Gasteiger partial charge in [0.1, 0.15) is 5.78 Å². The second-order valence-electron chi connectivity index (χ2n) is 3.44. The molecule has 0 rings (SSSR count). The quantitative estimate of drug-likeness (QED) is 0.561. The van der Waals surface area contributed by atoms with Crippen LogP contribution in [0.2, 0.25) is 0 Å². The number of rotatable bonds is 1. The molecule has 0 unspecified atom stereocenters. The van der Waals surface area contributed by atoms with Crippen LogP contribution in [0.25, 0.3) is 0 Å². The van der Waals surface area contributed by atoms with E-state index in [0.717, 1.165) is 0 Å². The predicted molar refractivity (Wildman–Crippen MR) is 34.8 cm³/mol. The van der Waals surface area contributed by atoms with Crippen molar-refractivity contribution in [3.8, 4) is 0 Å². The van der Waals surface area contributed by atoms with E-state index in [1.807, 2.05) is 0 Å². The smallest absolute Gasteiger partial charge is 0.130 e. The van der Waals surface area contributed by atoms with Gasteiger partial charge in [-0.3, -0.25) is 0 Å². The Morgan fingerprint density at radius 1 is 1.33 bits per heavy atom. The Morgan fingerprint density at radius 3 is 1.67 bits per heavy atom. The van der Waals surface area contributed by atoms with Gasteiger partial charge in [0.2, 0.25) is 0 Å². The Balaban J connectivity index is 0. The molecule has 0 aromatic heterocycles. The fourth-order valence-electron chi connectivity index (χ4n) is 0.747. The molecule has 0 aliphatic heterocycles. The molecule has 0 bridgehead atoms. The zero-order valence-electron chi connectivity index (χ0n) is 6.42. The summed E-state index contributed by atoms with van der Waals surface area (Å²) < 4.78 is 0. The second-order valence-corrected chi connectivity index (χ2v) is 3.44. The van der Waals surface area contributed by atoms with Crippen molar-refractivity contribution in [3.63, 3.8) is 0 Å². The van der Waals surface area contributed by atoms with Crippen LogP contribution in [-0.4, -0.2) is 5.78 Å². The van der Waals surface area contributed by atoms with Crippen LogP contribution >= 0.6 is 0 Å². The summed E-state index contributed by atoms with van der Waals surface area (Å²) in [7, 11) is 0. The summed E-state index contributed by atoms with van der Waals surface area (Å²) in [5.41, 5.74) is 0.172. The van der Waals surface area contributed by atoms with E-state index in [9.17, 15) is 4.79 Å². The van der Waals surface area contributed by atoms with Gasteiger partial charge in [-0.25, -0.2) is 0 Å². The Hall–Kier alpha value is 0.189. The molecule has 0 heterocycles. The van der Waals surface area contributed by atoms with Crippen molar-refractivity contribution in [3.05, 3.63) is 0 Å². The van der Waals surface area contributed by atoms with Gasteiger partial charge in [0.05, 0.1) is 0 Å². The molecular weight excluding hydrogens is 164 g/mol. The summed E-state index contributed by atoms with van der Waals surface area (Å²) in [6.07, 6.45) is 0.687. The van der Waals surface area contributed by atoms with E-state index in [1.54, 1.807) is 6.92 Å². The van der Waals surface area contributed by atoms with Gasteiger partial charge in [-0.05, 0) is 12.3 Å². The number of carbonyl (C=O) groups is 1. The molecule has 0 aliphatic carbocycles. The molecule has 0 N–H and O–H groups in total. The molecule has 0 amide bonds. The second kappa shape index (κ2) is 4.08. The summed E-state index contributed by atoms with van der Waals surface area (Å²) >= 11 is 0. The number of hydrogen-bond donors (Lipinski definition) is 0. The maximum Gasteiger partial charge on any atom is 0.130 e. The minimum Gasteiger partial charge on any atom is -0.300 e. The molecule has 0 aromatic carbocycles. The molecule has 0 spiro atoms. The largest absolute Gasteiger partial charge is 0.300 e. The first-order valence-corrected chi connectivity index (χ1v) is 2.91. The first kappa shape index (κ1) is 11.9. The van der Waals surface area contributed by atoms with Gasteiger partial charge in [-0.1, -0.05) is 20.8 Å². The first-order valence-electron chi connectivity index (χ1n) is 2.91. The Labute approximate surface area is 67.7 Å². The van der Waals surface area contributed by atoms with Gasteiger partial charge >= 0.3 is 0 Å². The van der Waals surface area contributed by atoms with E-state index in [4.69, 9.17) is 0 Å². The number of carbonyl (C=O) groups excluding carboxylic acids is 1. The van der Waals surface area contributed by atoms with Crippen LogP contribution < -0.4 is 0 Å². The van der Waals surface area contributed by atoms with E-state index >= 15 is 0 Å². The molecule has 0 aromatic rings. The van der Waals surface area contributed by atoms with Crippen LogP contribution in [0.4, 0.5) is 0 Å². The standard InChI is InChI=1S/C7H14O.Cu/c1-6(8)5-7(2,3)4;/h5H2,1-4H3;. The van der Waals surface area contributed by atoms with Crippen molar-refractivity contribution in [1.29, 1.82) is 0 Å². The van der Waals surface area contributed by atoms with Crippen molar-refractivity contribution < 1.29 is 21.9 Å². The van der Waals surface area contributed by atoms with Crippen LogP contribution in [0.15, 0.2) is 0 Å². The summed E-state index contributed by atoms with van der Waals surface area (Å²) in [6, 6.07) is 0. The third-order valence-corrected chi connectivity index (χ3v) is 0.779. The average molecular weight is 178 g/mol. The molecule has 1 radical (unpaired) electrons. The van der Waals surface area contributed by atoms with Crippen LogP contribution in [-0.2, 0) is 21.9 Å². The van der Waals surface area contributed by atoms with Gasteiger partial charge in [0, 0.05) is 23.5 Å². The first-order chi connectivity index (χ1) is 3.42. The summed E-state index contributed by atoms with van der Waals surface area (Å²) in [5.74, 6) is 0.275. The maximum absolute atomic E-state index is 10.5. The van der Waals surface area contributed by atoms with E-state index in [1.165, 1.54) is 0 Å². The van der Waals surface area contributed by atoms with Crippen LogP contribution in [0.3, 0.4) is 0 Å². The zero-order chi connectivity index (χ0) is 6.78. The number of ketones is 1. The molecule has 59 valence electrons. The third kappa shape index (κ3) is 11.6.